The summed E-state index contributed by atoms with van der Waals surface area (Å²) in [7, 11) is 1.60. The first-order chi connectivity index (χ1) is 15.9. The first kappa shape index (κ1) is 24.1. The fraction of sp³-hybridized carbons (Fsp3) is 0.125. The molecule has 33 heavy (non-hydrogen) atoms. The maximum Gasteiger partial charge on any atom is 0.335 e. The molecule has 0 radical (unpaired) electrons. The number of aromatic carboxylic acids is 1. The maximum absolute atomic E-state index is 12.6. The molecule has 9 heteroatoms. The number of amides is 1. The summed E-state index contributed by atoms with van der Waals surface area (Å²) in [6.07, 6.45) is 0. The van der Waals surface area contributed by atoms with Crippen molar-refractivity contribution in [2.24, 2.45) is 0 Å². The van der Waals surface area contributed by atoms with Gasteiger partial charge < -0.3 is 25.8 Å². The number of anilines is 3. The lowest BCUT2D eigenvalue weighted by Crippen LogP contribution is -2.22. The fourth-order valence-corrected chi connectivity index (χ4v) is 4.03. The largest absolute Gasteiger partial charge is 0.495 e. The molecule has 3 aromatic carbocycles. The second kappa shape index (κ2) is 11.3. The van der Waals surface area contributed by atoms with E-state index in [2.05, 4.69) is 16.0 Å². The van der Waals surface area contributed by atoms with Gasteiger partial charge >= 0.3 is 5.97 Å². The van der Waals surface area contributed by atoms with Crippen molar-refractivity contribution in [3.8, 4) is 5.75 Å². The van der Waals surface area contributed by atoms with Gasteiger partial charge in [0, 0.05) is 16.3 Å². The average Bonchev–Trinajstić information content (AvgIpc) is 2.80. The van der Waals surface area contributed by atoms with E-state index >= 15 is 0 Å². The molecule has 0 aromatic heterocycles. The van der Waals surface area contributed by atoms with Gasteiger partial charge in [-0.3, -0.25) is 4.79 Å². The molecule has 0 heterocycles. The van der Waals surface area contributed by atoms with Crippen LogP contribution in [0.3, 0.4) is 0 Å². The van der Waals surface area contributed by atoms with E-state index in [-0.39, 0.29) is 16.7 Å². The lowest BCUT2D eigenvalue weighted by atomic mass is 10.2. The molecule has 0 saturated carbocycles. The van der Waals surface area contributed by atoms with E-state index in [1.165, 1.54) is 23.9 Å². The van der Waals surface area contributed by atoms with E-state index in [9.17, 15) is 9.59 Å². The number of benzene rings is 3. The number of methoxy groups -OCH3 is 1. The molecule has 0 aliphatic carbocycles. The molecule has 3 rings (SSSR count). The van der Waals surface area contributed by atoms with E-state index < -0.39 is 5.97 Å². The molecule has 3 aromatic rings. The van der Waals surface area contributed by atoms with Crippen LogP contribution in [0, 0.1) is 0 Å². The summed E-state index contributed by atoms with van der Waals surface area (Å²) in [4.78, 5) is 24.4. The Morgan fingerprint density at radius 2 is 1.67 bits per heavy atom. The van der Waals surface area contributed by atoms with Gasteiger partial charge in [0.15, 0.2) is 5.11 Å². The molecule has 1 atom stereocenters. The molecule has 0 bridgehead atoms. The molecule has 0 fully saturated rings. The highest BCUT2D eigenvalue weighted by Crippen LogP contribution is 2.27. The summed E-state index contributed by atoms with van der Waals surface area (Å²) in [6, 6.07) is 21.1. The molecule has 1 amide bonds. The third-order valence-corrected chi connectivity index (χ3v) is 5.83. The van der Waals surface area contributed by atoms with Gasteiger partial charge in [-0.05, 0) is 73.7 Å². The maximum atomic E-state index is 12.6. The number of carbonyl (C=O) groups is 2. The number of thiocarbonyl (C=S) groups is 1. The number of ether oxygens (including phenoxy) is 1. The van der Waals surface area contributed by atoms with Crippen molar-refractivity contribution in [2.45, 2.75) is 17.1 Å². The van der Waals surface area contributed by atoms with Crippen molar-refractivity contribution in [1.29, 1.82) is 0 Å². The minimum Gasteiger partial charge on any atom is -0.495 e. The summed E-state index contributed by atoms with van der Waals surface area (Å²) in [5, 5.41) is 18.1. The molecule has 0 aliphatic rings. The van der Waals surface area contributed by atoms with Gasteiger partial charge in [0.25, 0.3) is 0 Å². The smallest absolute Gasteiger partial charge is 0.335 e. The van der Waals surface area contributed by atoms with Gasteiger partial charge in [-0.2, -0.15) is 0 Å². The molecule has 0 spiro atoms. The van der Waals surface area contributed by atoms with Crippen LogP contribution < -0.4 is 20.7 Å². The normalized spacial score (nSPS) is 11.2. The zero-order chi connectivity index (χ0) is 23.8. The number of carbonyl (C=O) groups excluding carboxylic acids is 1. The molecule has 1 unspecified atom stereocenters. The predicted octanol–water partition coefficient (Wildman–Crippen LogP) is 5.32. The van der Waals surface area contributed by atoms with E-state index in [0.29, 0.717) is 16.5 Å². The van der Waals surface area contributed by atoms with Crippen molar-refractivity contribution in [3.63, 3.8) is 0 Å². The van der Waals surface area contributed by atoms with Gasteiger partial charge in [-0.25, -0.2) is 4.79 Å². The summed E-state index contributed by atoms with van der Waals surface area (Å²) in [5.41, 5.74) is 2.24. The second-order valence-electron chi connectivity index (χ2n) is 6.94. The van der Waals surface area contributed by atoms with E-state index in [0.717, 1.165) is 16.3 Å². The third-order valence-electron chi connectivity index (χ3n) is 4.53. The standard InChI is InChI=1S/C24H23N3O4S2/c1-15(22(28)25-17-12-10-16(11-13-17)23(29)30)33-19-7-5-6-18(14-19)26-24(32)27-20-8-3-4-9-21(20)31-2/h3-15H,1-2H3,(H,25,28)(H,29,30)(H2,26,27,32). The van der Waals surface area contributed by atoms with Crippen LogP contribution in [0.4, 0.5) is 17.1 Å². The molecular weight excluding hydrogens is 458 g/mol. The van der Waals surface area contributed by atoms with Crippen LogP contribution in [0.15, 0.2) is 77.7 Å². The number of carboxylic acid groups (broad SMARTS) is 1. The van der Waals surface area contributed by atoms with Crippen LogP contribution in [-0.2, 0) is 4.79 Å². The average molecular weight is 482 g/mol. The highest BCUT2D eigenvalue weighted by Gasteiger charge is 2.15. The Bertz CT molecular complexity index is 1150. The van der Waals surface area contributed by atoms with Crippen LogP contribution in [0.25, 0.3) is 0 Å². The Hall–Kier alpha value is -3.56. The predicted molar refractivity (Wildman–Crippen MR) is 137 cm³/mol. The second-order valence-corrected chi connectivity index (χ2v) is 8.76. The van der Waals surface area contributed by atoms with Gasteiger partial charge in [-0.1, -0.05) is 18.2 Å². The first-order valence-corrected chi connectivity index (χ1v) is 11.3. The summed E-state index contributed by atoms with van der Waals surface area (Å²) in [6.45, 7) is 1.81. The lowest BCUT2D eigenvalue weighted by Gasteiger charge is -2.15. The number of hydrogen-bond donors (Lipinski definition) is 4. The molecule has 170 valence electrons. The van der Waals surface area contributed by atoms with E-state index in [1.807, 2.05) is 48.5 Å². The topological polar surface area (TPSA) is 99.7 Å². The van der Waals surface area contributed by atoms with Gasteiger partial charge in [0.1, 0.15) is 5.75 Å². The summed E-state index contributed by atoms with van der Waals surface area (Å²) < 4.78 is 5.32. The van der Waals surface area contributed by atoms with Crippen LogP contribution >= 0.6 is 24.0 Å². The molecule has 4 N–H and O–H groups in total. The number of thioether (sulfide) groups is 1. The summed E-state index contributed by atoms with van der Waals surface area (Å²) in [5.74, 6) is -0.513. The van der Waals surface area contributed by atoms with Gasteiger partial charge in [0.2, 0.25) is 5.91 Å². The molecule has 0 aliphatic heterocycles. The number of nitrogens with one attached hydrogen (secondary N) is 3. The van der Waals surface area contributed by atoms with Crippen LogP contribution in [0.5, 0.6) is 5.75 Å². The Morgan fingerprint density at radius 3 is 2.36 bits per heavy atom. The van der Waals surface area contributed by atoms with Crippen molar-refractivity contribution in [3.05, 3.63) is 78.4 Å². The minimum absolute atomic E-state index is 0.165. The third kappa shape index (κ3) is 6.96. The monoisotopic (exact) mass is 481 g/mol. The molecular formula is C24H23N3O4S2. The summed E-state index contributed by atoms with van der Waals surface area (Å²) >= 11 is 6.81. The fourth-order valence-electron chi connectivity index (χ4n) is 2.88. The van der Waals surface area contributed by atoms with Crippen molar-refractivity contribution in [1.82, 2.24) is 0 Å². The van der Waals surface area contributed by atoms with Crippen molar-refractivity contribution in [2.75, 3.05) is 23.1 Å². The molecule has 7 nitrogen and oxygen atoms in total. The highest BCUT2D eigenvalue weighted by molar-refractivity contribution is 8.00. The Balaban J connectivity index is 1.57. The first-order valence-electron chi connectivity index (χ1n) is 9.97. The minimum atomic E-state index is -1.01. The van der Waals surface area contributed by atoms with Gasteiger partial charge in [0.05, 0.1) is 23.6 Å². The van der Waals surface area contributed by atoms with Crippen LogP contribution in [-0.4, -0.2) is 34.5 Å². The van der Waals surface area contributed by atoms with Crippen molar-refractivity contribution >= 4 is 58.0 Å². The Morgan fingerprint density at radius 1 is 0.939 bits per heavy atom. The molecule has 0 saturated heterocycles. The Kier molecular flexibility index (Phi) is 8.28. The number of para-hydroxylation sites is 2. The number of carboxylic acids is 1. The highest BCUT2D eigenvalue weighted by atomic mass is 32.2. The zero-order valence-corrected chi connectivity index (χ0v) is 19.6. The quantitative estimate of drug-likeness (QED) is 0.253. The number of hydrogen-bond acceptors (Lipinski definition) is 5. The van der Waals surface area contributed by atoms with E-state index in [1.54, 1.807) is 26.2 Å². The Labute approximate surface area is 201 Å². The van der Waals surface area contributed by atoms with Gasteiger partial charge in [-0.15, -0.1) is 11.8 Å². The van der Waals surface area contributed by atoms with E-state index in [4.69, 9.17) is 22.1 Å². The SMILES string of the molecule is COc1ccccc1NC(=S)Nc1cccc(SC(C)C(=O)Nc2ccc(C(=O)O)cc2)c1. The van der Waals surface area contributed by atoms with Crippen molar-refractivity contribution < 1.29 is 19.4 Å². The van der Waals surface area contributed by atoms with Crippen LogP contribution in [0.2, 0.25) is 0 Å². The zero-order valence-electron chi connectivity index (χ0n) is 18.0. The number of rotatable bonds is 8. The lowest BCUT2D eigenvalue weighted by molar-refractivity contribution is -0.115. The van der Waals surface area contributed by atoms with Crippen LogP contribution in [0.1, 0.15) is 17.3 Å².